The molecule has 1 atom stereocenters. The van der Waals surface area contributed by atoms with E-state index in [0.29, 0.717) is 25.6 Å². The second-order valence-electron chi connectivity index (χ2n) is 7.73. The van der Waals surface area contributed by atoms with Gasteiger partial charge in [0.05, 0.1) is 13.7 Å². The van der Waals surface area contributed by atoms with Gasteiger partial charge in [-0.2, -0.15) is 0 Å². The van der Waals surface area contributed by atoms with Crippen molar-refractivity contribution < 1.29 is 19.1 Å². The summed E-state index contributed by atoms with van der Waals surface area (Å²) < 4.78 is 10.6. The second-order valence-corrected chi connectivity index (χ2v) is 7.73. The van der Waals surface area contributed by atoms with Crippen LogP contribution in [0.2, 0.25) is 0 Å². The number of para-hydroxylation sites is 1. The first-order valence-electron chi connectivity index (χ1n) is 10.3. The van der Waals surface area contributed by atoms with Crippen molar-refractivity contribution in [3.63, 3.8) is 0 Å². The molecule has 1 N–H and O–H groups in total. The number of nitrogens with one attached hydrogen (secondary N) is 1. The number of nitrogens with zero attached hydrogens (tertiary/aromatic N) is 2. The van der Waals surface area contributed by atoms with Crippen LogP contribution in [0.1, 0.15) is 32.3 Å². The summed E-state index contributed by atoms with van der Waals surface area (Å²) in [5.74, 6) is 1.14. The van der Waals surface area contributed by atoms with Gasteiger partial charge in [0.15, 0.2) is 0 Å². The van der Waals surface area contributed by atoms with Crippen molar-refractivity contribution in [1.29, 1.82) is 0 Å². The molecule has 162 valence electrons. The maximum absolute atomic E-state index is 12.8. The minimum Gasteiger partial charge on any atom is -0.496 e. The summed E-state index contributed by atoms with van der Waals surface area (Å²) in [5.41, 5.74) is 1.20. The number of hydrogen-bond donors (Lipinski definition) is 1. The van der Waals surface area contributed by atoms with Gasteiger partial charge in [0.2, 0.25) is 11.8 Å². The van der Waals surface area contributed by atoms with Crippen molar-refractivity contribution in [3.05, 3.63) is 29.8 Å². The summed E-state index contributed by atoms with van der Waals surface area (Å²) in [7, 11) is 3.34. The van der Waals surface area contributed by atoms with Crippen molar-refractivity contribution in [2.24, 2.45) is 5.92 Å². The first-order chi connectivity index (χ1) is 13.9. The molecule has 1 aromatic carbocycles. The highest BCUT2D eigenvalue weighted by Crippen LogP contribution is 2.24. The van der Waals surface area contributed by atoms with E-state index >= 15 is 0 Å². The maximum atomic E-state index is 12.8. The van der Waals surface area contributed by atoms with E-state index in [1.54, 1.807) is 21.1 Å². The third-order valence-electron chi connectivity index (χ3n) is 5.44. The zero-order valence-electron chi connectivity index (χ0n) is 18.1. The number of rotatable bonds is 10. The SMILES string of the molecule is COCCN(CC1CCN(Cc2ccccc2OC)CC1)C(=O)[C@H](C)NC(C)=O. The highest BCUT2D eigenvalue weighted by atomic mass is 16.5. The Hall–Kier alpha value is -2.12. The standard InChI is InChI=1S/C22H35N3O4/c1-17(23-18(2)26)22(27)25(13-14-28-3)15-19-9-11-24(12-10-19)16-20-7-5-6-8-21(20)29-4/h5-8,17,19H,9-16H2,1-4H3,(H,23,26)/t17-/m0/s1. The Bertz CT molecular complexity index is 659. The van der Waals surface area contributed by atoms with E-state index in [1.165, 1.54) is 12.5 Å². The van der Waals surface area contributed by atoms with Crippen molar-refractivity contribution >= 4 is 11.8 Å². The molecule has 0 aromatic heterocycles. The minimum absolute atomic E-state index is 0.0475. The Morgan fingerprint density at radius 2 is 1.93 bits per heavy atom. The molecule has 1 fully saturated rings. The monoisotopic (exact) mass is 405 g/mol. The molecule has 1 aliphatic heterocycles. The molecule has 2 amide bonds. The van der Waals surface area contributed by atoms with Crippen molar-refractivity contribution in [3.8, 4) is 5.75 Å². The van der Waals surface area contributed by atoms with Gasteiger partial charge in [-0.1, -0.05) is 18.2 Å². The number of ether oxygens (including phenoxy) is 2. The van der Waals surface area contributed by atoms with Gasteiger partial charge >= 0.3 is 0 Å². The molecule has 0 spiro atoms. The van der Waals surface area contributed by atoms with Crippen molar-refractivity contribution in [1.82, 2.24) is 15.1 Å². The zero-order chi connectivity index (χ0) is 21.2. The Labute approximate surface area is 174 Å². The summed E-state index contributed by atoms with van der Waals surface area (Å²) in [4.78, 5) is 28.3. The molecule has 1 aromatic rings. The third-order valence-corrected chi connectivity index (χ3v) is 5.44. The molecule has 0 unspecified atom stereocenters. The van der Waals surface area contributed by atoms with Crippen LogP contribution in [0.5, 0.6) is 5.75 Å². The van der Waals surface area contributed by atoms with Crippen molar-refractivity contribution in [2.75, 3.05) is 47.0 Å². The van der Waals surface area contributed by atoms with Crippen LogP contribution in [-0.4, -0.2) is 74.7 Å². The number of piperidine rings is 1. The lowest BCUT2D eigenvalue weighted by Crippen LogP contribution is -2.49. The van der Waals surface area contributed by atoms with Crippen LogP contribution in [0.15, 0.2) is 24.3 Å². The number of carbonyl (C=O) groups excluding carboxylic acids is 2. The van der Waals surface area contributed by atoms with Gasteiger partial charge in [-0.05, 0) is 44.8 Å². The molecular formula is C22H35N3O4. The number of hydrogen-bond acceptors (Lipinski definition) is 5. The third kappa shape index (κ3) is 7.33. The maximum Gasteiger partial charge on any atom is 0.244 e. The quantitative estimate of drug-likeness (QED) is 0.644. The van der Waals surface area contributed by atoms with E-state index in [0.717, 1.165) is 38.2 Å². The van der Waals surface area contributed by atoms with E-state index in [2.05, 4.69) is 16.3 Å². The minimum atomic E-state index is -0.519. The highest BCUT2D eigenvalue weighted by Gasteiger charge is 2.26. The molecule has 0 radical (unpaired) electrons. The smallest absolute Gasteiger partial charge is 0.244 e. The van der Waals surface area contributed by atoms with Crippen LogP contribution in [0.4, 0.5) is 0 Å². The Morgan fingerprint density at radius 1 is 1.24 bits per heavy atom. The average Bonchev–Trinajstić information content (AvgIpc) is 2.71. The predicted octanol–water partition coefficient (Wildman–Crippen LogP) is 1.91. The first-order valence-corrected chi connectivity index (χ1v) is 10.3. The second kappa shape index (κ2) is 11.8. The number of carbonyl (C=O) groups is 2. The summed E-state index contributed by atoms with van der Waals surface area (Å²) in [6.45, 7) is 7.77. The van der Waals surface area contributed by atoms with Gasteiger partial charge in [-0.15, -0.1) is 0 Å². The van der Waals surface area contributed by atoms with E-state index in [9.17, 15) is 9.59 Å². The van der Waals surface area contributed by atoms with Crippen LogP contribution >= 0.6 is 0 Å². The molecule has 0 aliphatic carbocycles. The molecular weight excluding hydrogens is 370 g/mol. The predicted molar refractivity (Wildman–Crippen MR) is 113 cm³/mol. The summed E-state index contributed by atoms with van der Waals surface area (Å²) >= 11 is 0. The lowest BCUT2D eigenvalue weighted by Gasteiger charge is -2.35. The number of methoxy groups -OCH3 is 2. The zero-order valence-corrected chi connectivity index (χ0v) is 18.1. The van der Waals surface area contributed by atoms with Gasteiger partial charge in [0, 0.05) is 39.2 Å². The molecule has 0 bridgehead atoms. The molecule has 0 saturated carbocycles. The van der Waals surface area contributed by atoms with E-state index < -0.39 is 6.04 Å². The molecule has 7 heteroatoms. The molecule has 1 saturated heterocycles. The van der Waals surface area contributed by atoms with Gasteiger partial charge in [-0.25, -0.2) is 0 Å². The highest BCUT2D eigenvalue weighted by molar-refractivity contribution is 5.86. The molecule has 7 nitrogen and oxygen atoms in total. The van der Waals surface area contributed by atoms with E-state index in [-0.39, 0.29) is 11.8 Å². The fraction of sp³-hybridized carbons (Fsp3) is 0.636. The largest absolute Gasteiger partial charge is 0.496 e. The number of amides is 2. The Morgan fingerprint density at radius 3 is 2.55 bits per heavy atom. The molecule has 1 heterocycles. The summed E-state index contributed by atoms with van der Waals surface area (Å²) in [6, 6.07) is 7.62. The van der Waals surface area contributed by atoms with E-state index in [1.807, 2.05) is 23.1 Å². The van der Waals surface area contributed by atoms with Crippen LogP contribution < -0.4 is 10.1 Å². The molecule has 29 heavy (non-hydrogen) atoms. The lowest BCUT2D eigenvalue weighted by atomic mass is 9.95. The number of likely N-dealkylation sites (tertiary alicyclic amines) is 1. The van der Waals surface area contributed by atoms with Gasteiger partial charge < -0.3 is 19.7 Å². The van der Waals surface area contributed by atoms with Gasteiger partial charge in [0.25, 0.3) is 0 Å². The van der Waals surface area contributed by atoms with Crippen LogP contribution in [0, 0.1) is 5.92 Å². The van der Waals surface area contributed by atoms with Gasteiger partial charge in [-0.3, -0.25) is 14.5 Å². The summed E-state index contributed by atoms with van der Waals surface area (Å²) in [5, 5.41) is 2.69. The van der Waals surface area contributed by atoms with Crippen LogP contribution in [0.25, 0.3) is 0 Å². The lowest BCUT2D eigenvalue weighted by molar-refractivity contribution is -0.137. The van der Waals surface area contributed by atoms with Gasteiger partial charge in [0.1, 0.15) is 11.8 Å². The van der Waals surface area contributed by atoms with E-state index in [4.69, 9.17) is 9.47 Å². The topological polar surface area (TPSA) is 71.1 Å². The van der Waals surface area contributed by atoms with Crippen LogP contribution in [0.3, 0.4) is 0 Å². The Kier molecular flexibility index (Phi) is 9.41. The number of benzene rings is 1. The Balaban J connectivity index is 1.88. The molecule has 1 aliphatic rings. The normalized spacial score (nSPS) is 16.3. The fourth-order valence-electron chi connectivity index (χ4n) is 3.85. The van der Waals surface area contributed by atoms with Crippen molar-refractivity contribution in [2.45, 2.75) is 39.3 Å². The van der Waals surface area contributed by atoms with Crippen LogP contribution in [-0.2, 0) is 20.9 Å². The average molecular weight is 406 g/mol. The first kappa shape index (κ1) is 23.2. The fourth-order valence-corrected chi connectivity index (χ4v) is 3.85. The molecule has 2 rings (SSSR count). The summed E-state index contributed by atoms with van der Waals surface area (Å²) in [6.07, 6.45) is 2.08.